The van der Waals surface area contributed by atoms with Crippen LogP contribution < -0.4 is 26.3 Å². The monoisotopic (exact) mass is 862 g/mol. The molecule has 6 aromatic rings. The number of piperidine rings is 2. The summed E-state index contributed by atoms with van der Waals surface area (Å²) >= 11 is 0. The van der Waals surface area contributed by atoms with Gasteiger partial charge in [-0.2, -0.15) is 0 Å². The molecule has 318 valence electrons. The van der Waals surface area contributed by atoms with E-state index >= 15 is 0 Å². The van der Waals surface area contributed by atoms with E-state index in [0.29, 0.717) is 64.5 Å². The summed E-state index contributed by atoms with van der Waals surface area (Å²) in [6.45, 7) is 5.61. The zero-order valence-electron chi connectivity index (χ0n) is 33.8. The third kappa shape index (κ3) is 10.2. The van der Waals surface area contributed by atoms with E-state index in [0.717, 1.165) is 74.1 Å². The van der Waals surface area contributed by atoms with Crippen molar-refractivity contribution in [1.29, 1.82) is 0 Å². The zero-order chi connectivity index (χ0) is 40.7. The molecule has 2 bridgehead atoms. The molecule has 2 saturated heterocycles. The largest absolute Gasteiger partial charge is 0.507 e. The maximum absolute atomic E-state index is 11.7. The molecule has 7 N–H and O–H groups in total. The van der Waals surface area contributed by atoms with E-state index < -0.39 is 0 Å². The van der Waals surface area contributed by atoms with Gasteiger partial charge in [-0.15, -0.1) is 24.8 Å². The lowest BCUT2D eigenvalue weighted by atomic mass is 9.83. The van der Waals surface area contributed by atoms with Crippen molar-refractivity contribution in [2.24, 2.45) is 0 Å². The Morgan fingerprint density at radius 2 is 1.26 bits per heavy atom. The summed E-state index contributed by atoms with van der Waals surface area (Å²) in [5.74, 6) is 2.71. The number of nitrogens with zero attached hydrogens (tertiary/aromatic N) is 3. The number of hydrogen-bond donors (Lipinski definition) is 5. The number of halogens is 2. The summed E-state index contributed by atoms with van der Waals surface area (Å²) in [6.07, 6.45) is 5.15. The van der Waals surface area contributed by atoms with Crippen molar-refractivity contribution in [2.45, 2.75) is 57.3 Å². The number of fused-ring (bicyclic) bond motifs is 4. The molecule has 0 spiro atoms. The van der Waals surface area contributed by atoms with Gasteiger partial charge in [0, 0.05) is 25.2 Å². The smallest absolute Gasteiger partial charge is 0.154 e. The highest BCUT2D eigenvalue weighted by molar-refractivity contribution is 5.87. The summed E-state index contributed by atoms with van der Waals surface area (Å²) < 4.78 is 12.1. The number of nitrogens with two attached hydrogens (primary N) is 2. The summed E-state index contributed by atoms with van der Waals surface area (Å²) in [6, 6.07) is 34.2. The molecule has 3 aliphatic rings. The molecule has 0 saturated carbocycles. The van der Waals surface area contributed by atoms with E-state index in [9.17, 15) is 15.0 Å². The molecular weight excluding hydrogens is 811 g/mol. The Balaban J connectivity index is 0.000000198. The molecule has 0 aliphatic carbocycles. The van der Waals surface area contributed by atoms with E-state index in [1.165, 1.54) is 18.4 Å². The number of rotatable bonds is 10. The van der Waals surface area contributed by atoms with Gasteiger partial charge in [0.25, 0.3) is 0 Å². The molecule has 3 atom stereocenters. The van der Waals surface area contributed by atoms with Crippen LogP contribution in [-0.2, 0) is 19.8 Å². The normalized spacial score (nSPS) is 17.5. The minimum atomic E-state index is 0. The Hall–Kier alpha value is -5.85. The number of aromatic nitrogens is 2. The minimum absolute atomic E-state index is 0. The van der Waals surface area contributed by atoms with Gasteiger partial charge in [-0.3, -0.25) is 9.69 Å². The fourth-order valence-electron chi connectivity index (χ4n) is 8.52. The second kappa shape index (κ2) is 20.6. The molecule has 4 aromatic carbocycles. The van der Waals surface area contributed by atoms with Gasteiger partial charge in [-0.05, 0) is 109 Å². The van der Waals surface area contributed by atoms with Gasteiger partial charge in [-0.25, -0.2) is 9.97 Å². The quantitative estimate of drug-likeness (QED) is 0.0834. The first-order chi connectivity index (χ1) is 28.9. The van der Waals surface area contributed by atoms with Crippen LogP contribution in [0.1, 0.15) is 75.7 Å². The number of ether oxygens (including phenoxy) is 2. The van der Waals surface area contributed by atoms with E-state index in [1.807, 2.05) is 72.8 Å². The van der Waals surface area contributed by atoms with Crippen LogP contribution in [0.5, 0.6) is 23.0 Å². The van der Waals surface area contributed by atoms with Crippen molar-refractivity contribution in [2.75, 3.05) is 37.6 Å². The summed E-state index contributed by atoms with van der Waals surface area (Å²) in [5, 5.41) is 24.6. The highest BCUT2D eigenvalue weighted by Gasteiger charge is 2.31. The lowest BCUT2D eigenvalue weighted by Crippen LogP contribution is -2.38. The summed E-state index contributed by atoms with van der Waals surface area (Å²) in [4.78, 5) is 23.3. The number of aromatic hydroxyl groups is 2. The number of pyridine rings is 2. The Morgan fingerprint density at radius 1 is 0.705 bits per heavy atom. The van der Waals surface area contributed by atoms with E-state index in [4.69, 9.17) is 20.9 Å². The number of phenolic OH excluding ortho intramolecular Hbond substituents is 2. The summed E-state index contributed by atoms with van der Waals surface area (Å²) in [5.41, 5.74) is 20.6. The first-order valence-electron chi connectivity index (χ1n) is 20.3. The Labute approximate surface area is 369 Å². The number of nitrogen functional groups attached to an aromatic ring is 2. The van der Waals surface area contributed by atoms with Gasteiger partial charge in [0.15, 0.2) is 6.29 Å². The van der Waals surface area contributed by atoms with Gasteiger partial charge in [-0.1, -0.05) is 72.8 Å². The number of carbonyl (C=O) groups is 1. The van der Waals surface area contributed by atoms with Crippen LogP contribution in [0.4, 0.5) is 11.6 Å². The summed E-state index contributed by atoms with van der Waals surface area (Å²) in [7, 11) is 0. The van der Waals surface area contributed by atoms with Gasteiger partial charge in [0.1, 0.15) is 47.8 Å². The van der Waals surface area contributed by atoms with Gasteiger partial charge < -0.3 is 36.5 Å². The molecular formula is C48H52Cl2N6O5. The van der Waals surface area contributed by atoms with Crippen LogP contribution in [0.15, 0.2) is 109 Å². The molecule has 61 heavy (non-hydrogen) atoms. The van der Waals surface area contributed by atoms with E-state index in [-0.39, 0.29) is 48.0 Å². The Kier molecular flexibility index (Phi) is 15.1. The highest BCUT2D eigenvalue weighted by Crippen LogP contribution is 2.44. The Morgan fingerprint density at radius 3 is 1.82 bits per heavy atom. The third-order valence-electron chi connectivity index (χ3n) is 11.5. The second-order valence-corrected chi connectivity index (χ2v) is 15.4. The van der Waals surface area contributed by atoms with Crippen molar-refractivity contribution in [1.82, 2.24) is 20.2 Å². The number of hydrogen-bond acceptors (Lipinski definition) is 11. The number of benzene rings is 4. The minimum Gasteiger partial charge on any atom is -0.507 e. The predicted molar refractivity (Wildman–Crippen MR) is 245 cm³/mol. The van der Waals surface area contributed by atoms with Gasteiger partial charge in [0.05, 0.1) is 28.1 Å². The fraction of sp³-hybridized carbons (Fsp3) is 0.271. The van der Waals surface area contributed by atoms with E-state index in [1.54, 1.807) is 30.3 Å². The molecule has 13 heteroatoms. The molecule has 5 heterocycles. The van der Waals surface area contributed by atoms with Crippen LogP contribution in [0, 0.1) is 0 Å². The van der Waals surface area contributed by atoms with Crippen molar-refractivity contribution in [3.05, 3.63) is 143 Å². The highest BCUT2D eigenvalue weighted by atomic mass is 35.5. The van der Waals surface area contributed by atoms with Crippen LogP contribution >= 0.6 is 24.8 Å². The maximum Gasteiger partial charge on any atom is 0.154 e. The lowest BCUT2D eigenvalue weighted by Gasteiger charge is -2.39. The fourth-order valence-corrected chi connectivity index (χ4v) is 8.52. The number of carbonyl (C=O) groups excluding carboxylic acids is 1. The molecule has 2 fully saturated rings. The van der Waals surface area contributed by atoms with E-state index in [2.05, 4.69) is 26.3 Å². The zero-order valence-corrected chi connectivity index (χ0v) is 35.5. The maximum atomic E-state index is 11.7. The molecule has 0 amide bonds. The number of phenols is 2. The first-order valence-corrected chi connectivity index (χ1v) is 20.3. The third-order valence-corrected chi connectivity index (χ3v) is 11.5. The topological polar surface area (TPSA) is 169 Å². The second-order valence-electron chi connectivity index (χ2n) is 15.4. The number of anilines is 2. The predicted octanol–water partition coefficient (Wildman–Crippen LogP) is 9.05. The van der Waals surface area contributed by atoms with Gasteiger partial charge >= 0.3 is 0 Å². The molecule has 0 radical (unpaired) electrons. The standard InChI is InChI=1S/C24H25N3O3.C24H25N3O2.2ClH/c25-24-19(14-28)18(17-8-5-11-26-13-17)12-20(27-24)23-21(29)9-4-10-22(23)30-15-16-6-2-1-3-7-16;25-24-19-14-27-11-5-8-17(13-27)18(19)12-20(26-24)23-21(28)9-4-10-22(23)29-15-16-6-2-1-3-7-16;;/h1-4,6-7,9-10,12,14,17,26,29H,5,8,11,13,15H2,(H2,25,27);1-4,6-7,9-10,12,17,28H,5,8,11,13-15H2,(H2,25,26);2*1H. The molecule has 3 unspecified atom stereocenters. The van der Waals surface area contributed by atoms with Crippen molar-refractivity contribution < 1.29 is 24.5 Å². The Bertz CT molecular complexity index is 2420. The number of aldehydes is 1. The average Bonchev–Trinajstić information content (AvgIpc) is 3.26. The van der Waals surface area contributed by atoms with Crippen LogP contribution in [0.25, 0.3) is 22.5 Å². The molecule has 11 nitrogen and oxygen atoms in total. The van der Waals surface area contributed by atoms with Crippen molar-refractivity contribution in [3.63, 3.8) is 0 Å². The first kappa shape index (κ1) is 44.7. The van der Waals surface area contributed by atoms with Crippen molar-refractivity contribution >= 4 is 42.7 Å². The molecule has 9 rings (SSSR count). The van der Waals surface area contributed by atoms with Crippen molar-refractivity contribution in [3.8, 4) is 45.5 Å². The van der Waals surface area contributed by atoms with Gasteiger partial charge in [0.2, 0.25) is 0 Å². The number of nitrogens with one attached hydrogen (secondary N) is 1. The molecule has 2 aromatic heterocycles. The lowest BCUT2D eigenvalue weighted by molar-refractivity contribution is 0.112. The van der Waals surface area contributed by atoms with Crippen LogP contribution in [0.3, 0.4) is 0 Å². The molecule has 3 aliphatic heterocycles. The van der Waals surface area contributed by atoms with Crippen LogP contribution in [-0.4, -0.2) is 57.5 Å². The van der Waals surface area contributed by atoms with Crippen LogP contribution in [0.2, 0.25) is 0 Å². The average molecular weight is 864 g/mol. The SMILES string of the molecule is Cl.Cl.Nc1nc(-c2c(O)cccc2OCc2ccccc2)cc(C2CCCNC2)c1C=O.Nc1nc(-c2c(O)cccc2OCc2ccccc2)cc2c1CN1CCCC2C1.